The second-order valence-electron chi connectivity index (χ2n) is 15.8. The number of ether oxygens (including phenoxy) is 7. The fourth-order valence-corrected chi connectivity index (χ4v) is 6.45. The molecule has 0 amide bonds. The molecule has 4 N–H and O–H groups in total. The summed E-state index contributed by atoms with van der Waals surface area (Å²) in [5.41, 5.74) is 7.41. The Morgan fingerprint density at radius 3 is 1.75 bits per heavy atom. The van der Waals surface area contributed by atoms with Gasteiger partial charge in [-0.05, 0) is 80.3 Å². The van der Waals surface area contributed by atoms with Gasteiger partial charge >= 0.3 is 51.4 Å². The van der Waals surface area contributed by atoms with Crippen molar-refractivity contribution in [3.8, 4) is 5.75 Å². The first kappa shape index (κ1) is 62.2. The van der Waals surface area contributed by atoms with Gasteiger partial charge in [0.1, 0.15) is 12.0 Å². The van der Waals surface area contributed by atoms with Crippen molar-refractivity contribution < 1.29 is 112 Å². The van der Waals surface area contributed by atoms with Crippen molar-refractivity contribution in [1.29, 1.82) is 0 Å². The van der Waals surface area contributed by atoms with E-state index < -0.39 is 29.0 Å². The minimum absolute atomic E-state index is 0. The molecular weight excluding hydrogens is 872 g/mol. The Morgan fingerprint density at radius 1 is 0.794 bits per heavy atom. The molecule has 2 aliphatic carbocycles. The van der Waals surface area contributed by atoms with Crippen LogP contribution in [0.2, 0.25) is 0 Å². The fourth-order valence-electron chi connectivity index (χ4n) is 5.30. The third kappa shape index (κ3) is 32.5. The summed E-state index contributed by atoms with van der Waals surface area (Å²) in [5.74, 6) is -2.84. The number of rotatable bonds is 27. The van der Waals surface area contributed by atoms with Gasteiger partial charge in [-0.3, -0.25) is 0 Å². The molecule has 0 radical (unpaired) electrons. The molecule has 0 aromatic heterocycles. The number of hydrogen-bond donors (Lipinski definition) is 3. The van der Waals surface area contributed by atoms with Crippen molar-refractivity contribution >= 4 is 18.0 Å². The average molecular weight is 949 g/mol. The van der Waals surface area contributed by atoms with Crippen molar-refractivity contribution in [2.75, 3.05) is 97.3 Å². The normalized spacial score (nSPS) is 17.3. The van der Waals surface area contributed by atoms with Crippen molar-refractivity contribution in [2.45, 2.75) is 104 Å². The Kier molecular flexibility index (Phi) is 40.9. The quantitative estimate of drug-likeness (QED) is 0.0146. The SMILES string of the molecule is CC(C)C.CC1CCSCCC1O.O=CC1CCC1.[CH2-]CC/C(N)=C/NCCOCCOCCOCCOCCOCCOCCC(Oc1c(F)cc(F)c(F)c1F)=C1CCC1.[K+]. The molecule has 360 valence electrons. The Balaban J connectivity index is 0.00000156. The van der Waals surface area contributed by atoms with Gasteiger partial charge in [-0.15, -0.1) is 0 Å². The molecule has 3 aliphatic rings. The maximum Gasteiger partial charge on any atom is 1.00 e. The topological polar surface area (TPSA) is 140 Å². The van der Waals surface area contributed by atoms with E-state index in [1.807, 2.05) is 11.8 Å². The molecule has 3 fully saturated rings. The zero-order chi connectivity index (χ0) is 45.8. The predicted octanol–water partition coefficient (Wildman–Crippen LogP) is 5.72. The summed E-state index contributed by atoms with van der Waals surface area (Å²) in [6.45, 7) is 18.0. The van der Waals surface area contributed by atoms with E-state index in [9.17, 15) is 27.5 Å². The van der Waals surface area contributed by atoms with Crippen LogP contribution in [0, 0.1) is 47.9 Å². The molecule has 0 bridgehead atoms. The third-order valence-electron chi connectivity index (χ3n) is 9.40. The van der Waals surface area contributed by atoms with Gasteiger partial charge < -0.3 is 61.0 Å². The number of aldehydes is 1. The van der Waals surface area contributed by atoms with Gasteiger partial charge in [0.15, 0.2) is 17.5 Å². The van der Waals surface area contributed by atoms with Crippen LogP contribution in [-0.4, -0.2) is 115 Å². The van der Waals surface area contributed by atoms with Gasteiger partial charge in [-0.2, -0.15) is 22.6 Å². The summed E-state index contributed by atoms with van der Waals surface area (Å²) in [4.78, 5) is 9.79. The minimum atomic E-state index is -1.78. The van der Waals surface area contributed by atoms with Crippen LogP contribution in [0.25, 0.3) is 0 Å². The number of aliphatic hydroxyl groups is 1. The van der Waals surface area contributed by atoms with E-state index in [0.717, 1.165) is 67.8 Å². The summed E-state index contributed by atoms with van der Waals surface area (Å²) < 4.78 is 92.8. The molecule has 63 heavy (non-hydrogen) atoms. The van der Waals surface area contributed by atoms with Crippen LogP contribution in [0.1, 0.15) is 98.3 Å². The van der Waals surface area contributed by atoms with Gasteiger partial charge in [0.2, 0.25) is 11.6 Å². The Hall–Kier alpha value is -0.804. The Bertz CT molecular complexity index is 1350. The molecule has 1 saturated heterocycles. The zero-order valence-corrected chi connectivity index (χ0v) is 42.8. The fraction of sp³-hybridized carbons (Fsp3) is 0.739. The van der Waals surface area contributed by atoms with Crippen LogP contribution in [0.3, 0.4) is 0 Å². The van der Waals surface area contributed by atoms with Crippen molar-refractivity contribution in [3.05, 3.63) is 59.5 Å². The first-order chi connectivity index (χ1) is 29.9. The zero-order valence-electron chi connectivity index (χ0n) is 38.8. The van der Waals surface area contributed by atoms with E-state index in [1.165, 1.54) is 18.6 Å². The number of hydrogen-bond acceptors (Lipinski definition) is 12. The number of halogens is 4. The number of carbonyl (C=O) groups excluding carboxylic acids is 1. The second-order valence-corrected chi connectivity index (χ2v) is 17.0. The van der Waals surface area contributed by atoms with Crippen LogP contribution in [0.15, 0.2) is 29.3 Å². The van der Waals surface area contributed by atoms with Crippen LogP contribution in [0.5, 0.6) is 5.75 Å². The van der Waals surface area contributed by atoms with E-state index >= 15 is 0 Å². The first-order valence-electron chi connectivity index (χ1n) is 22.3. The standard InChI is InChI=1S/C30H45F4N2O7.C7H14OS.C5H8O.C4H10.K/c1-2-4-24(35)22-36-8-10-38-12-14-40-16-18-42-20-19-41-17-15-39-13-11-37-9-7-27(23-5-3-6-23)43-30-26(32)21-25(31)28(33)29(30)34;1-6-2-4-9-5-3-7(6)8;6-4-5-2-1-3-5;1-4(2)3;/h21-22,36H,1-20,35H2;6-8H,2-5H2,1H3;4-5H,1-3H2;4H,1-3H3;/q-1;;;;+1/b24-22-;;;;. The van der Waals surface area contributed by atoms with E-state index in [4.69, 9.17) is 38.9 Å². The van der Waals surface area contributed by atoms with Crippen molar-refractivity contribution in [3.63, 3.8) is 0 Å². The first-order valence-corrected chi connectivity index (χ1v) is 23.4. The van der Waals surface area contributed by atoms with Crippen LogP contribution < -0.4 is 67.2 Å². The van der Waals surface area contributed by atoms with Gasteiger partial charge in [-0.25, -0.2) is 13.2 Å². The number of thioether (sulfide) groups is 1. The summed E-state index contributed by atoms with van der Waals surface area (Å²) in [7, 11) is 0. The molecule has 11 nitrogen and oxygen atoms in total. The number of benzene rings is 1. The Morgan fingerprint density at radius 2 is 1.30 bits per heavy atom. The summed E-state index contributed by atoms with van der Waals surface area (Å²) in [5, 5.41) is 12.4. The number of nitrogens with one attached hydrogen (secondary N) is 1. The maximum atomic E-state index is 14.0. The number of aliphatic hydroxyl groups excluding tert-OH is 1. The van der Waals surface area contributed by atoms with Gasteiger partial charge in [0.05, 0.1) is 85.4 Å². The maximum absolute atomic E-state index is 14.0. The van der Waals surface area contributed by atoms with E-state index in [0.29, 0.717) is 110 Å². The molecule has 2 atom stereocenters. The molecule has 0 spiro atoms. The average Bonchev–Trinajstić information content (AvgIpc) is 3.38. The number of nitrogens with two attached hydrogens (primary N) is 1. The second kappa shape index (κ2) is 41.4. The molecule has 17 heteroatoms. The van der Waals surface area contributed by atoms with Crippen LogP contribution >= 0.6 is 11.8 Å². The molecule has 1 aromatic rings. The van der Waals surface area contributed by atoms with E-state index in [-0.39, 0.29) is 76.6 Å². The molecule has 2 unspecified atom stereocenters. The molecule has 1 aromatic carbocycles. The monoisotopic (exact) mass is 948 g/mol. The summed E-state index contributed by atoms with van der Waals surface area (Å²) in [6.07, 6.45) is 12.7. The number of carbonyl (C=O) groups is 1. The van der Waals surface area contributed by atoms with Crippen molar-refractivity contribution in [2.24, 2.45) is 23.5 Å². The molecule has 2 saturated carbocycles. The van der Waals surface area contributed by atoms with Gasteiger partial charge in [0, 0.05) is 36.8 Å². The van der Waals surface area contributed by atoms with E-state index in [2.05, 4.69) is 39.9 Å². The predicted molar refractivity (Wildman–Crippen MR) is 238 cm³/mol. The number of allylic oxidation sites excluding steroid dienone is 2. The molecular formula is C46H77F4KN2O9S. The third-order valence-corrected chi connectivity index (χ3v) is 10.4. The summed E-state index contributed by atoms with van der Waals surface area (Å²) in [6, 6.07) is 0.265. The summed E-state index contributed by atoms with van der Waals surface area (Å²) >= 11 is 1.96. The van der Waals surface area contributed by atoms with Gasteiger partial charge in [-0.1, -0.05) is 34.1 Å². The van der Waals surface area contributed by atoms with Gasteiger partial charge in [0.25, 0.3) is 0 Å². The smallest absolute Gasteiger partial charge is 0.455 e. The van der Waals surface area contributed by atoms with Crippen molar-refractivity contribution in [1.82, 2.24) is 5.32 Å². The van der Waals surface area contributed by atoms with E-state index in [1.54, 1.807) is 6.20 Å². The van der Waals surface area contributed by atoms with Crippen LogP contribution in [-0.2, 0) is 33.2 Å². The minimum Gasteiger partial charge on any atom is -0.455 e. The van der Waals surface area contributed by atoms with Crippen LogP contribution in [0.4, 0.5) is 17.6 Å². The largest absolute Gasteiger partial charge is 1.00 e. The molecule has 4 rings (SSSR count). The molecule has 1 heterocycles. The Labute approximate surface area is 422 Å². The molecule has 1 aliphatic heterocycles.